The Morgan fingerprint density at radius 1 is 1.00 bits per heavy atom. The van der Waals surface area contributed by atoms with E-state index in [-0.39, 0.29) is 17.6 Å². The Kier molecular flexibility index (Phi) is 5.87. The standard InChI is InChI=1S/C24H30N4O3/c29-23-16-19-6-3-4-8-21(19)25-28(23)14-11-26-9-12-27(13-10-26)24(30)22-15-18-5-1-2-7-20(18)17-31-22/h1-2,5,7,16,22H,3-4,6,8-15,17H2. The molecule has 31 heavy (non-hydrogen) atoms. The first-order chi connectivity index (χ1) is 15.2. The van der Waals surface area contributed by atoms with E-state index >= 15 is 0 Å². The van der Waals surface area contributed by atoms with Crippen molar-refractivity contribution in [1.82, 2.24) is 19.6 Å². The third kappa shape index (κ3) is 4.43. The van der Waals surface area contributed by atoms with Crippen LogP contribution in [0.3, 0.4) is 0 Å². The number of hydrogen-bond donors (Lipinski definition) is 0. The molecule has 164 valence electrons. The summed E-state index contributed by atoms with van der Waals surface area (Å²) < 4.78 is 7.48. The van der Waals surface area contributed by atoms with E-state index in [1.165, 1.54) is 11.1 Å². The zero-order valence-corrected chi connectivity index (χ0v) is 18.0. The van der Waals surface area contributed by atoms with Crippen LogP contribution in [0.4, 0.5) is 0 Å². The number of carbonyl (C=O) groups excluding carboxylic acids is 1. The third-order valence-corrected chi connectivity index (χ3v) is 6.83. The molecule has 0 spiro atoms. The molecule has 7 nitrogen and oxygen atoms in total. The van der Waals surface area contributed by atoms with Gasteiger partial charge in [-0.3, -0.25) is 14.5 Å². The van der Waals surface area contributed by atoms with Crippen molar-refractivity contribution in [2.24, 2.45) is 0 Å². The lowest BCUT2D eigenvalue weighted by Crippen LogP contribution is -2.53. The van der Waals surface area contributed by atoms with Crippen LogP contribution in [0.15, 0.2) is 35.1 Å². The molecule has 0 N–H and O–H groups in total. The van der Waals surface area contributed by atoms with Crippen molar-refractivity contribution >= 4 is 5.91 Å². The predicted molar refractivity (Wildman–Crippen MR) is 117 cm³/mol. The quantitative estimate of drug-likeness (QED) is 0.745. The number of piperazine rings is 1. The molecule has 1 aromatic heterocycles. The molecular weight excluding hydrogens is 392 g/mol. The van der Waals surface area contributed by atoms with Crippen molar-refractivity contribution in [1.29, 1.82) is 0 Å². The minimum atomic E-state index is -0.375. The molecule has 1 atom stereocenters. The summed E-state index contributed by atoms with van der Waals surface area (Å²) in [7, 11) is 0. The van der Waals surface area contributed by atoms with Gasteiger partial charge in [0.1, 0.15) is 6.10 Å². The summed E-state index contributed by atoms with van der Waals surface area (Å²) in [6.07, 6.45) is 4.54. The Morgan fingerprint density at radius 3 is 2.61 bits per heavy atom. The Hall–Kier alpha value is -2.51. The van der Waals surface area contributed by atoms with E-state index < -0.39 is 0 Å². The number of rotatable bonds is 4. The van der Waals surface area contributed by atoms with Gasteiger partial charge in [0.15, 0.2) is 0 Å². The Bertz CT molecular complexity index is 1010. The lowest BCUT2D eigenvalue weighted by Gasteiger charge is -2.37. The molecule has 5 rings (SSSR count). The SMILES string of the molecule is O=C(C1Cc2ccccc2CO1)N1CCN(CCn2nc3c(cc2=O)CCCC3)CC1. The molecule has 0 saturated carbocycles. The zero-order chi connectivity index (χ0) is 21.2. The second kappa shape index (κ2) is 8.93. The molecule has 0 bridgehead atoms. The third-order valence-electron chi connectivity index (χ3n) is 6.83. The number of aromatic nitrogens is 2. The first-order valence-corrected chi connectivity index (χ1v) is 11.5. The number of fused-ring (bicyclic) bond motifs is 2. The van der Waals surface area contributed by atoms with Gasteiger partial charge in [-0.1, -0.05) is 24.3 Å². The molecule has 1 fully saturated rings. The van der Waals surface area contributed by atoms with Gasteiger partial charge in [0.05, 0.1) is 18.8 Å². The van der Waals surface area contributed by atoms with Gasteiger partial charge in [-0.05, 0) is 42.4 Å². The fraction of sp³-hybridized carbons (Fsp3) is 0.542. The number of ether oxygens (including phenoxy) is 1. The van der Waals surface area contributed by atoms with Gasteiger partial charge in [0.25, 0.3) is 11.5 Å². The zero-order valence-electron chi connectivity index (χ0n) is 18.0. The Labute approximate surface area is 182 Å². The number of amides is 1. The van der Waals surface area contributed by atoms with E-state index in [2.05, 4.69) is 22.1 Å². The topological polar surface area (TPSA) is 67.7 Å². The lowest BCUT2D eigenvalue weighted by atomic mass is 9.97. The molecule has 1 saturated heterocycles. The highest BCUT2D eigenvalue weighted by Gasteiger charge is 2.31. The normalized spacial score (nSPS) is 21.4. The van der Waals surface area contributed by atoms with Gasteiger partial charge in [-0.15, -0.1) is 0 Å². The Morgan fingerprint density at radius 2 is 1.77 bits per heavy atom. The minimum Gasteiger partial charge on any atom is -0.363 e. The number of benzene rings is 1. The molecule has 1 aliphatic carbocycles. The molecule has 1 aromatic carbocycles. The molecule has 1 amide bonds. The fourth-order valence-corrected chi connectivity index (χ4v) is 4.90. The van der Waals surface area contributed by atoms with Crippen LogP contribution in [0, 0.1) is 0 Å². The van der Waals surface area contributed by atoms with Gasteiger partial charge in [0, 0.05) is 45.2 Å². The van der Waals surface area contributed by atoms with E-state index in [4.69, 9.17) is 4.74 Å². The molecule has 1 unspecified atom stereocenters. The molecule has 0 radical (unpaired) electrons. The predicted octanol–water partition coefficient (Wildman–Crippen LogP) is 1.41. The highest BCUT2D eigenvalue weighted by atomic mass is 16.5. The monoisotopic (exact) mass is 422 g/mol. The minimum absolute atomic E-state index is 0.00388. The van der Waals surface area contributed by atoms with Gasteiger partial charge in [-0.25, -0.2) is 4.68 Å². The summed E-state index contributed by atoms with van der Waals surface area (Å²) in [4.78, 5) is 29.6. The summed E-state index contributed by atoms with van der Waals surface area (Å²) >= 11 is 0. The smallest absolute Gasteiger partial charge is 0.267 e. The first kappa shape index (κ1) is 20.4. The number of carbonyl (C=O) groups is 1. The van der Waals surface area contributed by atoms with Crippen LogP contribution in [0.2, 0.25) is 0 Å². The van der Waals surface area contributed by atoms with Crippen LogP contribution >= 0.6 is 0 Å². The fourth-order valence-electron chi connectivity index (χ4n) is 4.90. The van der Waals surface area contributed by atoms with E-state index in [9.17, 15) is 9.59 Å². The number of hydrogen-bond acceptors (Lipinski definition) is 5. The van der Waals surface area contributed by atoms with Gasteiger partial charge < -0.3 is 9.64 Å². The largest absolute Gasteiger partial charge is 0.363 e. The van der Waals surface area contributed by atoms with Gasteiger partial charge in [-0.2, -0.15) is 5.10 Å². The summed E-state index contributed by atoms with van der Waals surface area (Å²) in [5.74, 6) is 0.0988. The summed E-state index contributed by atoms with van der Waals surface area (Å²) in [5, 5.41) is 4.62. The second-order valence-corrected chi connectivity index (χ2v) is 8.82. The van der Waals surface area contributed by atoms with Crippen molar-refractivity contribution in [3.63, 3.8) is 0 Å². The lowest BCUT2D eigenvalue weighted by molar-refractivity contribution is -0.147. The molecular formula is C24H30N4O3. The van der Waals surface area contributed by atoms with Crippen LogP contribution in [-0.4, -0.2) is 64.3 Å². The van der Waals surface area contributed by atoms with Crippen LogP contribution in [0.5, 0.6) is 0 Å². The van der Waals surface area contributed by atoms with Crippen molar-refractivity contribution in [2.75, 3.05) is 32.7 Å². The van der Waals surface area contributed by atoms with Crippen molar-refractivity contribution in [2.45, 2.75) is 51.4 Å². The van der Waals surface area contributed by atoms with Crippen molar-refractivity contribution in [3.8, 4) is 0 Å². The van der Waals surface area contributed by atoms with Crippen LogP contribution in [-0.2, 0) is 41.9 Å². The van der Waals surface area contributed by atoms with Crippen LogP contribution < -0.4 is 5.56 Å². The van der Waals surface area contributed by atoms with Crippen molar-refractivity contribution < 1.29 is 9.53 Å². The molecule has 2 aromatic rings. The van der Waals surface area contributed by atoms with Crippen LogP contribution in [0.25, 0.3) is 0 Å². The molecule has 7 heteroatoms. The molecule has 3 heterocycles. The maximum absolute atomic E-state index is 13.0. The first-order valence-electron chi connectivity index (χ1n) is 11.5. The Balaban J connectivity index is 1.13. The summed E-state index contributed by atoms with van der Waals surface area (Å²) in [5.41, 5.74) is 4.63. The average molecular weight is 423 g/mol. The number of nitrogens with zero attached hydrogens (tertiary/aromatic N) is 4. The maximum atomic E-state index is 13.0. The van der Waals surface area contributed by atoms with E-state index in [0.29, 0.717) is 32.7 Å². The number of aryl methyl sites for hydroxylation is 2. The summed E-state index contributed by atoms with van der Waals surface area (Å²) in [6, 6.07) is 9.97. The van der Waals surface area contributed by atoms with Gasteiger partial charge >= 0.3 is 0 Å². The highest BCUT2D eigenvalue weighted by Crippen LogP contribution is 2.22. The van der Waals surface area contributed by atoms with Gasteiger partial charge in [0.2, 0.25) is 0 Å². The summed E-state index contributed by atoms with van der Waals surface area (Å²) in [6.45, 7) is 4.92. The highest BCUT2D eigenvalue weighted by molar-refractivity contribution is 5.81. The maximum Gasteiger partial charge on any atom is 0.267 e. The molecule has 2 aliphatic heterocycles. The van der Waals surface area contributed by atoms with E-state index in [1.807, 2.05) is 17.0 Å². The second-order valence-electron chi connectivity index (χ2n) is 8.82. The average Bonchev–Trinajstić information content (AvgIpc) is 2.82. The van der Waals surface area contributed by atoms with E-state index in [0.717, 1.165) is 56.6 Å². The van der Waals surface area contributed by atoms with Crippen LogP contribution in [0.1, 0.15) is 35.2 Å². The molecule has 3 aliphatic rings. The van der Waals surface area contributed by atoms with E-state index in [1.54, 1.807) is 10.7 Å². The van der Waals surface area contributed by atoms with Crippen molar-refractivity contribution in [3.05, 3.63) is 63.1 Å².